The van der Waals surface area contributed by atoms with Gasteiger partial charge in [-0.2, -0.15) is 18.3 Å². The second kappa shape index (κ2) is 10.0. The lowest BCUT2D eigenvalue weighted by Gasteiger charge is -2.15. The minimum atomic E-state index is -4.37. The van der Waals surface area contributed by atoms with Crippen LogP contribution in [0.1, 0.15) is 40.0 Å². The molecule has 1 aliphatic heterocycles. The van der Waals surface area contributed by atoms with Crippen molar-refractivity contribution in [2.45, 2.75) is 46.2 Å². The monoisotopic (exact) mass is 353 g/mol. The quantitative estimate of drug-likeness (QED) is 0.345. The van der Waals surface area contributed by atoms with Gasteiger partial charge in [-0.15, -0.1) is 5.10 Å². The summed E-state index contributed by atoms with van der Waals surface area (Å²) in [5.41, 5.74) is 0.527. The Bertz CT molecular complexity index is 608. The molecule has 1 rings (SSSR count). The van der Waals surface area contributed by atoms with Gasteiger partial charge < -0.3 is 4.90 Å². The summed E-state index contributed by atoms with van der Waals surface area (Å²) in [4.78, 5) is 1.37. The highest BCUT2D eigenvalue weighted by atomic mass is 19.4. The van der Waals surface area contributed by atoms with Gasteiger partial charge in [0.1, 0.15) is 5.84 Å². The minimum Gasteiger partial charge on any atom is -0.337 e. The van der Waals surface area contributed by atoms with E-state index in [9.17, 15) is 13.2 Å². The molecule has 25 heavy (non-hydrogen) atoms. The number of hydrogen-bond donors (Lipinski definition) is 0. The second-order valence-electron chi connectivity index (χ2n) is 5.94. The molecule has 0 bridgehead atoms. The van der Waals surface area contributed by atoms with E-state index < -0.39 is 11.7 Å². The highest BCUT2D eigenvalue weighted by molar-refractivity contribution is 5.85. The van der Waals surface area contributed by atoms with Crippen molar-refractivity contribution in [3.8, 4) is 0 Å². The lowest BCUT2D eigenvalue weighted by Crippen LogP contribution is -2.21. The summed E-state index contributed by atoms with van der Waals surface area (Å²) < 4.78 is 38.4. The maximum Gasteiger partial charge on any atom is 0.417 e. The van der Waals surface area contributed by atoms with Crippen molar-refractivity contribution < 1.29 is 13.2 Å². The van der Waals surface area contributed by atoms with Crippen molar-refractivity contribution in [3.05, 3.63) is 47.7 Å². The molecule has 0 saturated heterocycles. The first-order valence-electron chi connectivity index (χ1n) is 8.38. The Kier molecular flexibility index (Phi) is 8.38. The summed E-state index contributed by atoms with van der Waals surface area (Å²) in [5, 5.41) is 8.15. The van der Waals surface area contributed by atoms with Gasteiger partial charge >= 0.3 is 6.18 Å². The average Bonchev–Trinajstić information content (AvgIpc) is 2.73. The van der Waals surface area contributed by atoms with Gasteiger partial charge in [-0.3, -0.25) is 0 Å². The summed E-state index contributed by atoms with van der Waals surface area (Å²) in [5.74, 6) is 0.654. The zero-order valence-electron chi connectivity index (χ0n) is 15.2. The predicted molar refractivity (Wildman–Crippen MR) is 98.6 cm³/mol. The first kappa shape index (κ1) is 20.9. The van der Waals surface area contributed by atoms with Crippen molar-refractivity contribution in [2.75, 3.05) is 7.05 Å². The highest BCUT2D eigenvalue weighted by Crippen LogP contribution is 2.28. The van der Waals surface area contributed by atoms with Crippen molar-refractivity contribution in [1.82, 2.24) is 4.90 Å². The SMILES string of the molecule is C/C=C(\C=C/CC)C[C@@H](C)/C=N/N=C1/CC=CC(C(F)(F)F)=CN1C. The molecule has 0 aliphatic carbocycles. The van der Waals surface area contributed by atoms with Crippen molar-refractivity contribution in [3.63, 3.8) is 0 Å². The molecule has 0 aromatic rings. The fourth-order valence-corrected chi connectivity index (χ4v) is 2.23. The van der Waals surface area contributed by atoms with E-state index in [-0.39, 0.29) is 5.92 Å². The van der Waals surface area contributed by atoms with E-state index >= 15 is 0 Å². The number of allylic oxidation sites excluding steroid dienone is 6. The number of nitrogens with zero attached hydrogens (tertiary/aromatic N) is 3. The largest absolute Gasteiger partial charge is 0.417 e. The second-order valence-corrected chi connectivity index (χ2v) is 5.94. The van der Waals surface area contributed by atoms with Crippen LogP contribution in [0.25, 0.3) is 0 Å². The topological polar surface area (TPSA) is 28.0 Å². The average molecular weight is 353 g/mol. The Morgan fingerprint density at radius 2 is 2.12 bits per heavy atom. The summed E-state index contributed by atoms with van der Waals surface area (Å²) in [7, 11) is 1.55. The van der Waals surface area contributed by atoms with Crippen molar-refractivity contribution in [1.29, 1.82) is 0 Å². The number of amidine groups is 1. The Morgan fingerprint density at radius 1 is 1.40 bits per heavy atom. The zero-order chi connectivity index (χ0) is 18.9. The van der Waals surface area contributed by atoms with Crippen molar-refractivity contribution >= 4 is 12.1 Å². The first-order chi connectivity index (χ1) is 11.8. The van der Waals surface area contributed by atoms with Gasteiger partial charge in [0, 0.05) is 25.9 Å². The van der Waals surface area contributed by atoms with Gasteiger partial charge in [-0.05, 0) is 25.7 Å². The van der Waals surface area contributed by atoms with Gasteiger partial charge in [-0.25, -0.2) is 0 Å². The zero-order valence-corrected chi connectivity index (χ0v) is 15.2. The Morgan fingerprint density at radius 3 is 2.72 bits per heavy atom. The van der Waals surface area contributed by atoms with Crippen LogP contribution in [0.15, 0.2) is 57.9 Å². The van der Waals surface area contributed by atoms with E-state index in [2.05, 4.69) is 35.4 Å². The lowest BCUT2D eigenvalue weighted by molar-refractivity contribution is -0.0888. The lowest BCUT2D eigenvalue weighted by atomic mass is 10.0. The molecule has 0 radical (unpaired) electrons. The van der Waals surface area contributed by atoms with Crippen LogP contribution in [-0.2, 0) is 0 Å². The van der Waals surface area contributed by atoms with E-state index in [0.29, 0.717) is 12.3 Å². The fraction of sp³-hybridized carbons (Fsp3) is 0.474. The van der Waals surface area contributed by atoms with Crippen molar-refractivity contribution in [2.24, 2.45) is 16.1 Å². The maximum absolute atomic E-state index is 12.8. The van der Waals surface area contributed by atoms with E-state index in [4.69, 9.17) is 0 Å². The third-order valence-electron chi connectivity index (χ3n) is 3.66. The van der Waals surface area contributed by atoms with Gasteiger partial charge in [0.15, 0.2) is 0 Å². The van der Waals surface area contributed by atoms with Crippen LogP contribution in [0.4, 0.5) is 13.2 Å². The molecule has 0 saturated carbocycles. The summed E-state index contributed by atoms with van der Waals surface area (Å²) in [6, 6.07) is 0. The molecule has 0 unspecified atom stereocenters. The molecule has 0 fully saturated rings. The van der Waals surface area contributed by atoms with E-state index in [1.54, 1.807) is 13.3 Å². The molecule has 1 atom stereocenters. The Balaban J connectivity index is 2.74. The number of rotatable bonds is 6. The van der Waals surface area contributed by atoms with Gasteiger partial charge in [-0.1, -0.05) is 49.8 Å². The van der Waals surface area contributed by atoms with Crippen LogP contribution in [0.3, 0.4) is 0 Å². The molecule has 0 amide bonds. The molecule has 138 valence electrons. The van der Waals surface area contributed by atoms with Crippen LogP contribution in [0.5, 0.6) is 0 Å². The van der Waals surface area contributed by atoms with E-state index in [0.717, 1.165) is 25.1 Å². The summed E-state index contributed by atoms with van der Waals surface area (Å²) in [6.07, 6.45) is 9.33. The highest BCUT2D eigenvalue weighted by Gasteiger charge is 2.33. The Labute approximate surface area is 148 Å². The molecule has 0 aromatic carbocycles. The fourth-order valence-electron chi connectivity index (χ4n) is 2.23. The third kappa shape index (κ3) is 7.54. The molecule has 0 aromatic heterocycles. The van der Waals surface area contributed by atoms with E-state index in [1.165, 1.54) is 16.5 Å². The molecular formula is C19H26F3N3. The summed E-state index contributed by atoms with van der Waals surface area (Å²) in [6.45, 7) is 6.11. The van der Waals surface area contributed by atoms with Crippen LogP contribution >= 0.6 is 0 Å². The van der Waals surface area contributed by atoms with Crippen LogP contribution < -0.4 is 0 Å². The smallest absolute Gasteiger partial charge is 0.337 e. The maximum atomic E-state index is 12.8. The molecular weight excluding hydrogens is 327 g/mol. The number of halogens is 3. The Hall–Kier alpha value is -2.11. The standard InChI is InChI=1S/C19H26F3N3/c1-5-7-9-16(6-2)12-15(3)13-23-24-18-11-8-10-17(14-25(18)4)19(20,21)22/h6-10,13-15H,5,11-12H2,1-4H3/b9-7-,16-6+,23-13+,24-18-/t15-/m1/s1. The van der Waals surface area contributed by atoms with Crippen LogP contribution in [0.2, 0.25) is 0 Å². The third-order valence-corrected chi connectivity index (χ3v) is 3.66. The van der Waals surface area contributed by atoms with Crippen LogP contribution in [-0.4, -0.2) is 30.2 Å². The van der Waals surface area contributed by atoms with Gasteiger partial charge in [0.25, 0.3) is 0 Å². The molecule has 1 aliphatic rings. The number of hydrogen-bond acceptors (Lipinski definition) is 2. The first-order valence-corrected chi connectivity index (χ1v) is 8.38. The van der Waals surface area contributed by atoms with Gasteiger partial charge in [0.05, 0.1) is 5.57 Å². The molecule has 1 heterocycles. The molecule has 0 N–H and O–H groups in total. The minimum absolute atomic E-state index is 0.185. The normalized spacial score (nSPS) is 19.8. The molecule has 0 spiro atoms. The van der Waals surface area contributed by atoms with Crippen LogP contribution in [0, 0.1) is 5.92 Å². The number of alkyl halides is 3. The summed E-state index contributed by atoms with van der Waals surface area (Å²) >= 11 is 0. The van der Waals surface area contributed by atoms with Gasteiger partial charge in [0.2, 0.25) is 0 Å². The molecule has 3 nitrogen and oxygen atoms in total. The predicted octanol–water partition coefficient (Wildman–Crippen LogP) is 5.65. The molecule has 6 heteroatoms. The van der Waals surface area contributed by atoms with E-state index in [1.807, 2.05) is 13.8 Å².